The van der Waals surface area contributed by atoms with E-state index < -0.39 is 60.9 Å². The summed E-state index contributed by atoms with van der Waals surface area (Å²) >= 11 is 0. The first-order valence-electron chi connectivity index (χ1n) is 10.2. The molecule has 0 aliphatic carbocycles. The van der Waals surface area contributed by atoms with Crippen molar-refractivity contribution in [1.82, 2.24) is 0 Å². The Morgan fingerprint density at radius 3 is 2.27 bits per heavy atom. The lowest BCUT2D eigenvalue weighted by Crippen LogP contribution is -2.59. The highest BCUT2D eigenvalue weighted by atomic mass is 16.7. The molecule has 0 amide bonds. The van der Waals surface area contributed by atoms with Crippen LogP contribution in [0, 0.1) is 5.92 Å². The Kier molecular flexibility index (Phi) is 8.99. The van der Waals surface area contributed by atoms with Crippen LogP contribution in [-0.2, 0) is 18.9 Å². The Bertz CT molecular complexity index is 527. The van der Waals surface area contributed by atoms with E-state index in [-0.39, 0.29) is 25.7 Å². The van der Waals surface area contributed by atoms with Crippen LogP contribution in [-0.4, -0.2) is 116 Å². The van der Waals surface area contributed by atoms with Crippen LogP contribution >= 0.6 is 0 Å². The summed E-state index contributed by atoms with van der Waals surface area (Å²) in [5.41, 5.74) is -2.75. The number of hydrogen-bond acceptors (Lipinski definition) is 11. The molecule has 0 spiro atoms. The van der Waals surface area contributed by atoms with Gasteiger partial charge in [0, 0.05) is 0 Å². The van der Waals surface area contributed by atoms with E-state index in [9.17, 15) is 30.6 Å². The molecule has 178 valence electrons. The first kappa shape index (κ1) is 25.8. The van der Waals surface area contributed by atoms with Gasteiger partial charge in [0.05, 0.1) is 32.0 Å². The SMILES string of the molecule is CC[C@H](CCO[C@@H]1O[C@H](CO[C@H]2OC[C@](O)(CO)[C@H]2O)[C@@H](O)[C@H](O)[C@H]1O)C(C)(C)O. The van der Waals surface area contributed by atoms with Gasteiger partial charge in [0.1, 0.15) is 36.1 Å². The Balaban J connectivity index is 1.89. The maximum Gasteiger partial charge on any atom is 0.186 e. The van der Waals surface area contributed by atoms with Crippen molar-refractivity contribution in [3.63, 3.8) is 0 Å². The first-order valence-corrected chi connectivity index (χ1v) is 10.2. The van der Waals surface area contributed by atoms with E-state index in [2.05, 4.69) is 0 Å². The Labute approximate surface area is 175 Å². The molecule has 0 saturated carbocycles. The van der Waals surface area contributed by atoms with Crippen LogP contribution < -0.4 is 0 Å². The van der Waals surface area contributed by atoms with E-state index in [0.717, 1.165) is 6.42 Å². The van der Waals surface area contributed by atoms with Crippen LogP contribution in [0.2, 0.25) is 0 Å². The highest BCUT2D eigenvalue weighted by Gasteiger charge is 2.50. The smallest absolute Gasteiger partial charge is 0.186 e. The zero-order valence-electron chi connectivity index (χ0n) is 17.6. The highest BCUT2D eigenvalue weighted by Crippen LogP contribution is 2.28. The lowest BCUT2D eigenvalue weighted by Gasteiger charge is -2.40. The minimum absolute atomic E-state index is 0.0425. The van der Waals surface area contributed by atoms with E-state index in [1.807, 2.05) is 6.92 Å². The van der Waals surface area contributed by atoms with Gasteiger partial charge in [-0.2, -0.15) is 0 Å². The Morgan fingerprint density at radius 1 is 1.07 bits per heavy atom. The quantitative estimate of drug-likeness (QED) is 0.190. The molecule has 0 bridgehead atoms. The number of aliphatic hydroxyl groups is 7. The molecule has 11 heteroatoms. The van der Waals surface area contributed by atoms with Crippen molar-refractivity contribution in [3.05, 3.63) is 0 Å². The molecule has 2 heterocycles. The minimum Gasteiger partial charge on any atom is -0.393 e. The van der Waals surface area contributed by atoms with Crippen LogP contribution in [0.15, 0.2) is 0 Å². The number of aliphatic hydroxyl groups excluding tert-OH is 5. The fourth-order valence-electron chi connectivity index (χ4n) is 3.70. The lowest BCUT2D eigenvalue weighted by atomic mass is 9.86. The third-order valence-corrected chi connectivity index (χ3v) is 5.91. The Hall–Kier alpha value is -0.440. The largest absolute Gasteiger partial charge is 0.393 e. The van der Waals surface area contributed by atoms with E-state index >= 15 is 0 Å². The van der Waals surface area contributed by atoms with Gasteiger partial charge < -0.3 is 54.7 Å². The van der Waals surface area contributed by atoms with Gasteiger partial charge in [-0.05, 0) is 26.2 Å². The number of hydrogen-bond donors (Lipinski definition) is 7. The summed E-state index contributed by atoms with van der Waals surface area (Å²) < 4.78 is 21.6. The molecule has 2 aliphatic rings. The van der Waals surface area contributed by atoms with E-state index in [0.29, 0.717) is 6.42 Å². The molecule has 0 aromatic heterocycles. The van der Waals surface area contributed by atoms with Gasteiger partial charge in [-0.15, -0.1) is 0 Å². The van der Waals surface area contributed by atoms with Gasteiger partial charge in [-0.25, -0.2) is 0 Å². The maximum atomic E-state index is 10.2. The Morgan fingerprint density at radius 2 is 1.73 bits per heavy atom. The molecule has 7 N–H and O–H groups in total. The fraction of sp³-hybridized carbons (Fsp3) is 1.00. The summed E-state index contributed by atoms with van der Waals surface area (Å²) in [5.74, 6) is -0.0425. The molecule has 0 radical (unpaired) electrons. The van der Waals surface area contributed by atoms with Crippen molar-refractivity contribution >= 4 is 0 Å². The fourth-order valence-corrected chi connectivity index (χ4v) is 3.70. The van der Waals surface area contributed by atoms with Crippen molar-refractivity contribution < 1.29 is 54.7 Å². The molecule has 9 atom stereocenters. The molecular weight excluding hydrogens is 404 g/mol. The summed E-state index contributed by atoms with van der Waals surface area (Å²) in [6.07, 6.45) is -8.45. The minimum atomic E-state index is -1.85. The molecule has 11 nitrogen and oxygen atoms in total. The standard InChI is InChI=1S/C19H36O11/c1-4-10(18(2,3)25)5-6-27-16-14(23)13(22)12(21)11(30-16)7-28-17-15(24)19(26,8-20)9-29-17/h10-17,20-26H,4-9H2,1-3H3/t10-,11-,12-,13+,14-,15+,16-,17+,19-/m1/s1. The van der Waals surface area contributed by atoms with Gasteiger partial charge in [-0.1, -0.05) is 13.3 Å². The van der Waals surface area contributed by atoms with Crippen LogP contribution in [0.5, 0.6) is 0 Å². The zero-order valence-corrected chi connectivity index (χ0v) is 17.6. The summed E-state index contributed by atoms with van der Waals surface area (Å²) in [4.78, 5) is 0. The predicted molar refractivity (Wildman–Crippen MR) is 101 cm³/mol. The molecular formula is C19H36O11. The van der Waals surface area contributed by atoms with Gasteiger partial charge in [-0.3, -0.25) is 0 Å². The monoisotopic (exact) mass is 440 g/mol. The topological polar surface area (TPSA) is 179 Å². The molecule has 0 unspecified atom stereocenters. The van der Waals surface area contributed by atoms with Gasteiger partial charge in [0.15, 0.2) is 12.6 Å². The number of ether oxygens (including phenoxy) is 4. The first-order chi connectivity index (χ1) is 13.9. The second-order valence-electron chi connectivity index (χ2n) is 8.65. The lowest BCUT2D eigenvalue weighted by molar-refractivity contribution is -0.310. The molecule has 2 fully saturated rings. The van der Waals surface area contributed by atoms with E-state index in [1.54, 1.807) is 13.8 Å². The molecule has 30 heavy (non-hydrogen) atoms. The molecule has 2 rings (SSSR count). The molecule has 0 aromatic rings. The van der Waals surface area contributed by atoms with Crippen molar-refractivity contribution in [2.45, 2.75) is 87.9 Å². The van der Waals surface area contributed by atoms with Crippen molar-refractivity contribution in [3.8, 4) is 0 Å². The number of rotatable bonds is 10. The van der Waals surface area contributed by atoms with Crippen molar-refractivity contribution in [2.75, 3.05) is 26.4 Å². The zero-order chi connectivity index (χ0) is 22.7. The van der Waals surface area contributed by atoms with Gasteiger partial charge in [0.2, 0.25) is 0 Å². The highest BCUT2D eigenvalue weighted by molar-refractivity contribution is 4.94. The third-order valence-electron chi connectivity index (χ3n) is 5.91. The van der Waals surface area contributed by atoms with Crippen molar-refractivity contribution in [2.24, 2.45) is 5.92 Å². The molecule has 2 saturated heterocycles. The summed E-state index contributed by atoms with van der Waals surface area (Å²) in [7, 11) is 0. The normalized spacial score (nSPS) is 41.2. The maximum absolute atomic E-state index is 10.2. The average molecular weight is 440 g/mol. The van der Waals surface area contributed by atoms with E-state index in [4.69, 9.17) is 24.1 Å². The molecule has 2 aliphatic heterocycles. The van der Waals surface area contributed by atoms with Crippen LogP contribution in [0.4, 0.5) is 0 Å². The van der Waals surface area contributed by atoms with Crippen LogP contribution in [0.3, 0.4) is 0 Å². The van der Waals surface area contributed by atoms with Gasteiger partial charge >= 0.3 is 0 Å². The summed E-state index contributed by atoms with van der Waals surface area (Å²) in [6.45, 7) is 4.11. The van der Waals surface area contributed by atoms with Crippen molar-refractivity contribution in [1.29, 1.82) is 0 Å². The second-order valence-corrected chi connectivity index (χ2v) is 8.65. The average Bonchev–Trinajstić information content (AvgIpc) is 2.98. The van der Waals surface area contributed by atoms with Crippen LogP contribution in [0.1, 0.15) is 33.6 Å². The summed E-state index contributed by atoms with van der Waals surface area (Å²) in [5, 5.41) is 69.7. The summed E-state index contributed by atoms with van der Waals surface area (Å²) in [6, 6.07) is 0. The second kappa shape index (κ2) is 10.5. The predicted octanol–water partition coefficient (Wildman–Crippen LogP) is -2.54. The van der Waals surface area contributed by atoms with E-state index in [1.165, 1.54) is 0 Å². The third kappa shape index (κ3) is 5.87. The van der Waals surface area contributed by atoms with Crippen LogP contribution in [0.25, 0.3) is 0 Å². The van der Waals surface area contributed by atoms with Gasteiger partial charge in [0.25, 0.3) is 0 Å². The molecule has 0 aromatic carbocycles.